The number of amides is 1. The summed E-state index contributed by atoms with van der Waals surface area (Å²) in [5.41, 5.74) is 0. The Kier molecular flexibility index (Phi) is 4.46. The van der Waals surface area contributed by atoms with Gasteiger partial charge in [-0.25, -0.2) is 0 Å². The highest BCUT2D eigenvalue weighted by molar-refractivity contribution is 7.80. The molecule has 0 bridgehead atoms. The van der Waals surface area contributed by atoms with Gasteiger partial charge in [-0.3, -0.25) is 4.79 Å². The zero-order valence-electron chi connectivity index (χ0n) is 9.93. The Hall–Kier alpha value is -0.220. The van der Waals surface area contributed by atoms with Crippen LogP contribution in [-0.4, -0.2) is 41.4 Å². The van der Waals surface area contributed by atoms with E-state index in [9.17, 15) is 4.79 Å². The molecule has 15 heavy (non-hydrogen) atoms. The zero-order chi connectivity index (χ0) is 11.6. The third-order valence-corrected chi connectivity index (χ3v) is 3.27. The van der Waals surface area contributed by atoms with Crippen molar-refractivity contribution in [2.45, 2.75) is 57.1 Å². The summed E-state index contributed by atoms with van der Waals surface area (Å²) >= 11 is 4.26. The molecule has 1 rings (SSSR count). The normalized spacial score (nSPS) is 28.3. The van der Waals surface area contributed by atoms with Crippen molar-refractivity contribution < 1.29 is 9.53 Å². The quantitative estimate of drug-likeness (QED) is 0.577. The summed E-state index contributed by atoms with van der Waals surface area (Å²) in [6.45, 7) is 6.08. The van der Waals surface area contributed by atoms with E-state index in [1.807, 2.05) is 27.8 Å². The Morgan fingerprint density at radius 1 is 1.53 bits per heavy atom. The molecule has 0 spiro atoms. The first kappa shape index (κ1) is 12.8. The van der Waals surface area contributed by atoms with Gasteiger partial charge in [0, 0.05) is 13.5 Å². The number of thiol groups is 1. The van der Waals surface area contributed by atoms with Gasteiger partial charge < -0.3 is 9.64 Å². The van der Waals surface area contributed by atoms with Crippen molar-refractivity contribution in [3.05, 3.63) is 0 Å². The molecule has 0 N–H and O–H groups in total. The van der Waals surface area contributed by atoms with Gasteiger partial charge in [-0.1, -0.05) is 6.92 Å². The number of hydrogen-bond acceptors (Lipinski definition) is 3. The first-order valence-corrected chi connectivity index (χ1v) is 6.04. The van der Waals surface area contributed by atoms with Gasteiger partial charge in [-0.05, 0) is 25.5 Å². The fourth-order valence-corrected chi connectivity index (χ4v) is 1.79. The summed E-state index contributed by atoms with van der Waals surface area (Å²) in [5, 5.41) is 0.286. The lowest BCUT2D eigenvalue weighted by Crippen LogP contribution is -2.39. The monoisotopic (exact) mass is 231 g/mol. The van der Waals surface area contributed by atoms with Crippen LogP contribution in [-0.2, 0) is 9.53 Å². The summed E-state index contributed by atoms with van der Waals surface area (Å²) in [7, 11) is 1.85. The van der Waals surface area contributed by atoms with Gasteiger partial charge in [0.05, 0.1) is 12.1 Å². The van der Waals surface area contributed by atoms with Gasteiger partial charge >= 0.3 is 0 Å². The van der Waals surface area contributed by atoms with Gasteiger partial charge in [0.25, 0.3) is 0 Å². The van der Waals surface area contributed by atoms with Crippen LogP contribution in [0.15, 0.2) is 0 Å². The predicted molar refractivity (Wildman–Crippen MR) is 64.2 cm³/mol. The fourth-order valence-electron chi connectivity index (χ4n) is 1.66. The van der Waals surface area contributed by atoms with Gasteiger partial charge in [0.15, 0.2) is 0 Å². The van der Waals surface area contributed by atoms with Crippen LogP contribution in [0, 0.1) is 0 Å². The van der Waals surface area contributed by atoms with Crippen molar-refractivity contribution in [2.75, 3.05) is 7.05 Å². The van der Waals surface area contributed by atoms with Crippen LogP contribution in [0.25, 0.3) is 0 Å². The highest BCUT2D eigenvalue weighted by Crippen LogP contribution is 2.27. The van der Waals surface area contributed by atoms with Crippen LogP contribution in [0.3, 0.4) is 0 Å². The van der Waals surface area contributed by atoms with E-state index in [1.54, 1.807) is 4.90 Å². The smallest absolute Gasteiger partial charge is 0.222 e. The molecule has 0 aromatic heterocycles. The van der Waals surface area contributed by atoms with Crippen LogP contribution in [0.4, 0.5) is 0 Å². The van der Waals surface area contributed by atoms with Crippen molar-refractivity contribution in [3.63, 3.8) is 0 Å². The molecule has 0 aliphatic carbocycles. The molecule has 0 aromatic carbocycles. The first-order chi connectivity index (χ1) is 6.93. The molecule has 0 aromatic rings. The minimum Gasteiger partial charge on any atom is -0.368 e. The number of ether oxygens (including phenoxy) is 1. The molecule has 1 saturated heterocycles. The van der Waals surface area contributed by atoms with E-state index in [0.29, 0.717) is 12.5 Å². The minimum absolute atomic E-state index is 0.183. The van der Waals surface area contributed by atoms with Crippen molar-refractivity contribution in [1.29, 1.82) is 0 Å². The van der Waals surface area contributed by atoms with Crippen molar-refractivity contribution in [3.8, 4) is 0 Å². The number of rotatable bonds is 5. The predicted octanol–water partition coefficient (Wildman–Crippen LogP) is 1.72. The molecule has 3 nitrogen and oxygen atoms in total. The number of carbonyl (C=O) groups is 1. The van der Waals surface area contributed by atoms with E-state index in [4.69, 9.17) is 4.74 Å². The lowest BCUT2D eigenvalue weighted by atomic mass is 10.1. The molecule has 1 aliphatic rings. The first-order valence-electron chi connectivity index (χ1n) is 5.52. The lowest BCUT2D eigenvalue weighted by molar-refractivity contribution is -0.132. The molecule has 4 unspecified atom stereocenters. The second-order valence-corrected chi connectivity index (χ2v) is 5.32. The second-order valence-electron chi connectivity index (χ2n) is 4.44. The highest BCUT2D eigenvalue weighted by Gasteiger charge is 2.41. The van der Waals surface area contributed by atoms with Gasteiger partial charge in [0.2, 0.25) is 5.91 Å². The molecule has 4 atom stereocenters. The molecular formula is C11H21NO2S. The van der Waals surface area contributed by atoms with E-state index in [1.165, 1.54) is 0 Å². The third kappa shape index (κ3) is 3.68. The summed E-state index contributed by atoms with van der Waals surface area (Å²) in [4.78, 5) is 13.6. The number of carbonyl (C=O) groups excluding carboxylic acids is 1. The highest BCUT2D eigenvalue weighted by atomic mass is 32.1. The van der Waals surface area contributed by atoms with Crippen LogP contribution in [0.2, 0.25) is 0 Å². The standard InChI is InChI=1S/C11H21NO2S/c1-7(15)5-6-10(13)12(4)8(2)11-9(3)14-11/h7-9,11,15H,5-6H2,1-4H3. The number of hydrogen-bond donors (Lipinski definition) is 1. The zero-order valence-corrected chi connectivity index (χ0v) is 10.8. The minimum atomic E-state index is 0.183. The molecule has 1 amide bonds. The van der Waals surface area contributed by atoms with Crippen molar-refractivity contribution in [2.24, 2.45) is 0 Å². The molecule has 0 radical (unpaired) electrons. The summed E-state index contributed by atoms with van der Waals surface area (Å²) in [6.07, 6.45) is 1.94. The fraction of sp³-hybridized carbons (Fsp3) is 0.909. The summed E-state index contributed by atoms with van der Waals surface area (Å²) in [5.74, 6) is 0.186. The van der Waals surface area contributed by atoms with E-state index >= 15 is 0 Å². The van der Waals surface area contributed by atoms with Crippen LogP contribution < -0.4 is 0 Å². The molecule has 1 heterocycles. The maximum atomic E-state index is 11.8. The lowest BCUT2D eigenvalue weighted by Gasteiger charge is -2.24. The molecule has 0 saturated carbocycles. The van der Waals surface area contributed by atoms with Gasteiger partial charge in [-0.15, -0.1) is 0 Å². The van der Waals surface area contributed by atoms with E-state index in [0.717, 1.165) is 6.42 Å². The third-order valence-electron chi connectivity index (χ3n) is 3.01. The maximum Gasteiger partial charge on any atom is 0.222 e. The van der Waals surface area contributed by atoms with Crippen LogP contribution in [0.5, 0.6) is 0 Å². The molecule has 88 valence electrons. The van der Waals surface area contributed by atoms with Crippen LogP contribution >= 0.6 is 12.6 Å². The topological polar surface area (TPSA) is 32.8 Å². The Labute approximate surface area is 97.6 Å². The second kappa shape index (κ2) is 5.21. The Bertz CT molecular complexity index is 233. The van der Waals surface area contributed by atoms with E-state index in [2.05, 4.69) is 12.6 Å². The Morgan fingerprint density at radius 2 is 2.07 bits per heavy atom. The molecule has 4 heteroatoms. The summed E-state index contributed by atoms with van der Waals surface area (Å²) in [6, 6.07) is 0.183. The van der Waals surface area contributed by atoms with E-state index in [-0.39, 0.29) is 23.3 Å². The Balaban J connectivity index is 2.32. The molecular weight excluding hydrogens is 210 g/mol. The number of epoxide rings is 1. The number of likely N-dealkylation sites (N-methyl/N-ethyl adjacent to an activating group) is 1. The summed E-state index contributed by atoms with van der Waals surface area (Å²) < 4.78 is 5.37. The Morgan fingerprint density at radius 3 is 2.47 bits per heavy atom. The number of nitrogens with zero attached hydrogens (tertiary/aromatic N) is 1. The van der Waals surface area contributed by atoms with Gasteiger partial charge in [0.1, 0.15) is 6.10 Å². The van der Waals surface area contributed by atoms with Crippen molar-refractivity contribution in [1.82, 2.24) is 4.90 Å². The SMILES string of the molecule is CC(S)CCC(=O)N(C)C(C)C1OC1C. The average molecular weight is 231 g/mol. The van der Waals surface area contributed by atoms with E-state index < -0.39 is 0 Å². The molecule has 1 fully saturated rings. The van der Waals surface area contributed by atoms with Crippen LogP contribution in [0.1, 0.15) is 33.6 Å². The largest absolute Gasteiger partial charge is 0.368 e. The average Bonchev–Trinajstić information content (AvgIpc) is 2.89. The molecule has 1 aliphatic heterocycles. The van der Waals surface area contributed by atoms with Gasteiger partial charge in [-0.2, -0.15) is 12.6 Å². The maximum absolute atomic E-state index is 11.8. The van der Waals surface area contributed by atoms with Crippen molar-refractivity contribution >= 4 is 18.5 Å².